The molecule has 0 aromatic rings. The van der Waals surface area contributed by atoms with Gasteiger partial charge in [0.25, 0.3) is 10.0 Å². The van der Waals surface area contributed by atoms with E-state index < -0.39 is 56.2 Å². The van der Waals surface area contributed by atoms with Gasteiger partial charge < -0.3 is 10.2 Å². The smallest absolute Gasteiger partial charge is 0.341 e. The summed E-state index contributed by atoms with van der Waals surface area (Å²) in [6, 6.07) is -2.49. The second-order valence-electron chi connectivity index (χ2n) is 5.52. The summed E-state index contributed by atoms with van der Waals surface area (Å²) in [5.74, 6) is -1.79. The van der Waals surface area contributed by atoms with Crippen molar-refractivity contribution in [2.45, 2.75) is 31.8 Å². The molecule has 0 spiro atoms. The average Bonchev–Trinajstić information content (AvgIpc) is 2.68. The molecule has 0 unspecified atom stereocenters. The van der Waals surface area contributed by atoms with Gasteiger partial charge in [0.05, 0.1) is 12.1 Å². The number of nitrogens with zero attached hydrogens (tertiary/aromatic N) is 2. The van der Waals surface area contributed by atoms with E-state index in [1.165, 1.54) is 0 Å². The van der Waals surface area contributed by atoms with Gasteiger partial charge in [-0.3, -0.25) is 19.5 Å². The Morgan fingerprint density at radius 2 is 2.00 bits per heavy atom. The molecule has 0 aromatic heterocycles. The lowest BCUT2D eigenvalue weighted by atomic mass is 10.0. The summed E-state index contributed by atoms with van der Waals surface area (Å²) in [6.45, 7) is 1.14. The Hall–Kier alpha value is -1.97. The van der Waals surface area contributed by atoms with E-state index in [2.05, 4.69) is 9.60 Å². The van der Waals surface area contributed by atoms with Crippen LogP contribution < -0.4 is 10.0 Å². The minimum Gasteiger partial charge on any atom is -0.341 e. The van der Waals surface area contributed by atoms with E-state index in [4.69, 9.17) is 9.96 Å². The van der Waals surface area contributed by atoms with E-state index in [9.17, 15) is 26.4 Å². The van der Waals surface area contributed by atoms with E-state index in [0.29, 0.717) is 5.06 Å². The van der Waals surface area contributed by atoms with Crippen LogP contribution in [0.2, 0.25) is 0 Å². The van der Waals surface area contributed by atoms with Gasteiger partial charge in [-0.2, -0.15) is 13.5 Å². The van der Waals surface area contributed by atoms with Crippen LogP contribution in [0.4, 0.5) is 4.79 Å². The zero-order chi connectivity index (χ0) is 19.0. The van der Waals surface area contributed by atoms with Crippen LogP contribution in [0, 0.1) is 5.41 Å². The van der Waals surface area contributed by atoms with Gasteiger partial charge in [0, 0.05) is 13.5 Å². The second-order valence-corrected chi connectivity index (χ2v) is 8.24. The molecule has 2 rings (SSSR count). The molecule has 3 amide bonds. The quantitative estimate of drug-likeness (QED) is 0.224. The lowest BCUT2D eigenvalue weighted by Crippen LogP contribution is -2.51. The van der Waals surface area contributed by atoms with Crippen LogP contribution >= 0.6 is 0 Å². The number of nitrogens with one attached hydrogen (secondary N) is 3. The molecule has 15 heteroatoms. The number of hydroxylamine groups is 2. The van der Waals surface area contributed by atoms with Crippen LogP contribution in [0.25, 0.3) is 0 Å². The highest BCUT2D eigenvalue weighted by atomic mass is 32.3. The normalized spacial score (nSPS) is 23.5. The number of amidine groups is 1. The monoisotopic (exact) mass is 399 g/mol. The van der Waals surface area contributed by atoms with E-state index in [0.717, 1.165) is 11.8 Å². The Morgan fingerprint density at radius 1 is 1.36 bits per heavy atom. The molecular formula is C10H17N5O8S2. The van der Waals surface area contributed by atoms with Crippen molar-refractivity contribution in [2.75, 3.05) is 12.4 Å². The molecule has 2 fully saturated rings. The van der Waals surface area contributed by atoms with Crippen molar-refractivity contribution in [2.24, 2.45) is 0 Å². The van der Waals surface area contributed by atoms with E-state index in [-0.39, 0.29) is 19.4 Å². The standard InChI is InChI=1S/C10H17N5O8S2/c1-6(16)12-5-24(18,19)13-9(11)8-3-2-7-4-14(8)10(17)15(7)23-25(20,21)22/h7-8H,2-5H2,1H3,(H2,11,13)(H,12,16)(H,20,21,22)/t7-,8+/m1/s1. The molecular weight excluding hydrogens is 382 g/mol. The van der Waals surface area contributed by atoms with Crippen molar-refractivity contribution in [1.29, 1.82) is 5.41 Å². The summed E-state index contributed by atoms with van der Waals surface area (Å²) in [5.41, 5.74) is 0. The molecule has 4 N–H and O–H groups in total. The Balaban J connectivity index is 2.06. The first-order valence-corrected chi connectivity index (χ1v) is 10.0. The summed E-state index contributed by atoms with van der Waals surface area (Å²) >= 11 is 0. The molecule has 0 radical (unpaired) electrons. The fourth-order valence-electron chi connectivity index (χ4n) is 2.60. The first-order valence-electron chi connectivity index (χ1n) is 7.00. The summed E-state index contributed by atoms with van der Waals surface area (Å²) in [5, 5.41) is 10.5. The third-order valence-electron chi connectivity index (χ3n) is 3.61. The Labute approximate surface area is 143 Å². The first kappa shape index (κ1) is 19.4. The zero-order valence-electron chi connectivity index (χ0n) is 13.0. The second kappa shape index (κ2) is 6.74. The average molecular weight is 399 g/mol. The van der Waals surface area contributed by atoms with Crippen molar-refractivity contribution in [3.63, 3.8) is 0 Å². The molecule has 0 saturated carbocycles. The predicted molar refractivity (Wildman–Crippen MR) is 81.9 cm³/mol. The maximum Gasteiger partial charge on any atom is 0.418 e. The van der Waals surface area contributed by atoms with Crippen molar-refractivity contribution in [3.8, 4) is 0 Å². The minimum absolute atomic E-state index is 0.00875. The number of amides is 3. The SMILES string of the molecule is CC(=O)NCS(=O)(=O)NC(=N)[C@@H]1CC[C@@H]2CN1C(=O)N2OS(=O)(=O)O. The predicted octanol–water partition coefficient (Wildman–Crippen LogP) is -2.02. The van der Waals surface area contributed by atoms with E-state index in [1.54, 1.807) is 0 Å². The van der Waals surface area contributed by atoms with Crippen LogP contribution in [0.5, 0.6) is 0 Å². The molecule has 142 valence electrons. The number of hydrogen-bond donors (Lipinski definition) is 4. The van der Waals surface area contributed by atoms with E-state index in [1.807, 2.05) is 4.72 Å². The van der Waals surface area contributed by atoms with Crippen LogP contribution in [0.1, 0.15) is 19.8 Å². The number of urea groups is 1. The lowest BCUT2D eigenvalue weighted by Gasteiger charge is -2.30. The van der Waals surface area contributed by atoms with Gasteiger partial charge in [-0.05, 0) is 12.8 Å². The maximum absolute atomic E-state index is 12.2. The number of hydrogen-bond acceptors (Lipinski definition) is 8. The molecule has 13 nitrogen and oxygen atoms in total. The molecule has 2 saturated heterocycles. The summed E-state index contributed by atoms with van der Waals surface area (Å²) in [4.78, 5) is 24.0. The number of fused-ring (bicyclic) bond motifs is 2. The number of carbonyl (C=O) groups excluding carboxylic acids is 2. The molecule has 2 aliphatic rings. The summed E-state index contributed by atoms with van der Waals surface area (Å²) < 4.78 is 60.1. The largest absolute Gasteiger partial charge is 0.418 e. The van der Waals surface area contributed by atoms with Crippen LogP contribution in [-0.2, 0) is 29.5 Å². The molecule has 2 bridgehead atoms. The van der Waals surface area contributed by atoms with Crippen molar-refractivity contribution in [1.82, 2.24) is 20.0 Å². The molecule has 2 atom stereocenters. The lowest BCUT2D eigenvalue weighted by molar-refractivity contribution is -0.118. The molecule has 2 aliphatic heterocycles. The van der Waals surface area contributed by atoms with Crippen molar-refractivity contribution >= 4 is 38.2 Å². The first-order chi connectivity index (χ1) is 11.4. The number of sulfonamides is 1. The van der Waals surface area contributed by atoms with Crippen LogP contribution in [0.15, 0.2) is 0 Å². The van der Waals surface area contributed by atoms with Gasteiger partial charge in [0.2, 0.25) is 5.91 Å². The third kappa shape index (κ3) is 4.77. The minimum atomic E-state index is -4.89. The summed E-state index contributed by atoms with van der Waals surface area (Å²) in [6.07, 6.45) is 0.418. The van der Waals surface area contributed by atoms with E-state index >= 15 is 0 Å². The van der Waals surface area contributed by atoms with Gasteiger partial charge in [-0.1, -0.05) is 0 Å². The van der Waals surface area contributed by atoms with Crippen molar-refractivity contribution < 1.29 is 35.3 Å². The molecule has 0 aliphatic carbocycles. The Bertz CT molecular complexity index is 794. The van der Waals surface area contributed by atoms with Gasteiger partial charge >= 0.3 is 16.4 Å². The highest BCUT2D eigenvalue weighted by Crippen LogP contribution is 2.30. The number of piperidine rings is 1. The highest BCUT2D eigenvalue weighted by Gasteiger charge is 2.48. The van der Waals surface area contributed by atoms with Gasteiger partial charge in [0.1, 0.15) is 11.7 Å². The van der Waals surface area contributed by atoms with Crippen molar-refractivity contribution in [3.05, 3.63) is 0 Å². The third-order valence-corrected chi connectivity index (χ3v) is 5.01. The van der Waals surface area contributed by atoms with Crippen LogP contribution in [0.3, 0.4) is 0 Å². The molecule has 25 heavy (non-hydrogen) atoms. The number of rotatable bonds is 6. The van der Waals surface area contributed by atoms with Gasteiger partial charge in [-0.25, -0.2) is 13.2 Å². The number of carbonyl (C=O) groups is 2. The van der Waals surface area contributed by atoms with Gasteiger partial charge in [-0.15, -0.1) is 4.28 Å². The molecule has 2 heterocycles. The topological polar surface area (TPSA) is 186 Å². The zero-order valence-corrected chi connectivity index (χ0v) is 14.6. The fourth-order valence-corrected chi connectivity index (χ4v) is 3.92. The van der Waals surface area contributed by atoms with Gasteiger partial charge in [0.15, 0.2) is 0 Å². The molecule has 0 aromatic carbocycles. The maximum atomic E-state index is 12.2. The fraction of sp³-hybridized carbons (Fsp3) is 0.700. The Kier molecular flexibility index (Phi) is 5.22. The summed E-state index contributed by atoms with van der Waals surface area (Å²) in [7, 11) is -8.92. The highest BCUT2D eigenvalue weighted by molar-refractivity contribution is 7.90. The van der Waals surface area contributed by atoms with Crippen LogP contribution in [-0.4, -0.2) is 73.6 Å². The Morgan fingerprint density at radius 3 is 2.56 bits per heavy atom.